The Bertz CT molecular complexity index is 764. The van der Waals surface area contributed by atoms with E-state index in [0.29, 0.717) is 17.4 Å². The van der Waals surface area contributed by atoms with Gasteiger partial charge in [0.05, 0.1) is 5.56 Å². The molecule has 0 aliphatic heterocycles. The second-order valence-corrected chi connectivity index (χ2v) is 4.70. The lowest BCUT2D eigenvalue weighted by Crippen LogP contribution is -1.91. The highest BCUT2D eigenvalue weighted by molar-refractivity contribution is 5.72. The molecule has 2 aromatic heterocycles. The molecule has 0 amide bonds. The minimum absolute atomic E-state index is 0.428. The molecule has 5 heteroatoms. The van der Waals surface area contributed by atoms with Crippen LogP contribution >= 0.6 is 0 Å². The first-order valence-corrected chi connectivity index (χ1v) is 6.26. The Hall–Kier alpha value is -2.69. The predicted molar refractivity (Wildman–Crippen MR) is 76.9 cm³/mol. The van der Waals surface area contributed by atoms with Crippen LogP contribution in [0.15, 0.2) is 41.2 Å². The van der Waals surface area contributed by atoms with Crippen molar-refractivity contribution in [1.82, 2.24) is 15.1 Å². The second kappa shape index (κ2) is 4.77. The highest BCUT2D eigenvalue weighted by Crippen LogP contribution is 2.28. The van der Waals surface area contributed by atoms with Gasteiger partial charge in [-0.25, -0.2) is 0 Å². The molecule has 3 aromatic rings. The maximum Gasteiger partial charge on any atom is 0.260 e. The van der Waals surface area contributed by atoms with Gasteiger partial charge in [0.25, 0.3) is 5.89 Å². The number of pyridine rings is 1. The third kappa shape index (κ3) is 2.14. The molecular weight excluding hydrogens is 252 g/mol. The number of aromatic nitrogens is 3. The summed E-state index contributed by atoms with van der Waals surface area (Å²) >= 11 is 0. The minimum Gasteiger partial charge on any atom is -0.398 e. The summed E-state index contributed by atoms with van der Waals surface area (Å²) < 4.78 is 5.33. The van der Waals surface area contributed by atoms with Crippen molar-refractivity contribution in [3.8, 4) is 22.8 Å². The summed E-state index contributed by atoms with van der Waals surface area (Å²) in [4.78, 5) is 8.48. The number of anilines is 1. The molecule has 1 aromatic carbocycles. The van der Waals surface area contributed by atoms with Crippen LogP contribution in [0.3, 0.4) is 0 Å². The van der Waals surface area contributed by atoms with E-state index in [-0.39, 0.29) is 0 Å². The monoisotopic (exact) mass is 266 g/mol. The molecule has 0 radical (unpaired) electrons. The average molecular weight is 266 g/mol. The minimum atomic E-state index is 0.428. The zero-order chi connectivity index (χ0) is 14.1. The summed E-state index contributed by atoms with van der Waals surface area (Å²) in [7, 11) is 0. The van der Waals surface area contributed by atoms with Crippen molar-refractivity contribution in [3.63, 3.8) is 0 Å². The second-order valence-electron chi connectivity index (χ2n) is 4.70. The van der Waals surface area contributed by atoms with Crippen molar-refractivity contribution >= 4 is 5.69 Å². The molecule has 5 nitrogen and oxygen atoms in total. The lowest BCUT2D eigenvalue weighted by molar-refractivity contribution is 0.432. The average Bonchev–Trinajstić information content (AvgIpc) is 2.91. The fraction of sp³-hybridized carbons (Fsp3) is 0.133. The standard InChI is InChI=1S/C15H14N4O/c1-9-3-4-13(16)12(7-9)15-18-14(19-20-15)11-5-6-17-8-10(11)2/h3-8H,16H2,1-2H3. The quantitative estimate of drug-likeness (QED) is 0.721. The Morgan fingerprint density at radius 1 is 1.10 bits per heavy atom. The van der Waals surface area contributed by atoms with Gasteiger partial charge in [0.15, 0.2) is 0 Å². The summed E-state index contributed by atoms with van der Waals surface area (Å²) in [6.07, 6.45) is 3.48. The molecular formula is C15H14N4O. The van der Waals surface area contributed by atoms with E-state index in [9.17, 15) is 0 Å². The molecule has 3 rings (SSSR count). The molecule has 0 fully saturated rings. The van der Waals surface area contributed by atoms with Crippen molar-refractivity contribution in [1.29, 1.82) is 0 Å². The molecule has 2 N–H and O–H groups in total. The Morgan fingerprint density at radius 3 is 2.75 bits per heavy atom. The van der Waals surface area contributed by atoms with Gasteiger partial charge in [0.2, 0.25) is 5.82 Å². The number of aryl methyl sites for hydroxylation is 2. The number of nitrogens with two attached hydrogens (primary N) is 1. The van der Waals surface area contributed by atoms with Crippen molar-refractivity contribution in [2.75, 3.05) is 5.73 Å². The molecule has 0 saturated heterocycles. The Kier molecular flexibility index (Phi) is 2.95. The molecule has 0 atom stereocenters. The van der Waals surface area contributed by atoms with Gasteiger partial charge < -0.3 is 10.3 Å². The zero-order valence-electron chi connectivity index (χ0n) is 11.3. The van der Waals surface area contributed by atoms with Crippen LogP contribution in [0.5, 0.6) is 0 Å². The number of nitrogens with zero attached hydrogens (tertiary/aromatic N) is 3. The van der Waals surface area contributed by atoms with Crippen molar-refractivity contribution < 1.29 is 4.52 Å². The number of hydrogen-bond donors (Lipinski definition) is 1. The van der Waals surface area contributed by atoms with E-state index in [2.05, 4.69) is 15.1 Å². The molecule has 0 unspecified atom stereocenters. The van der Waals surface area contributed by atoms with E-state index in [1.807, 2.05) is 38.1 Å². The highest BCUT2D eigenvalue weighted by atomic mass is 16.5. The fourth-order valence-electron chi connectivity index (χ4n) is 2.02. The molecule has 2 heterocycles. The predicted octanol–water partition coefficient (Wildman–Crippen LogP) is 3.00. The van der Waals surface area contributed by atoms with Gasteiger partial charge in [-0.2, -0.15) is 4.98 Å². The van der Waals surface area contributed by atoms with E-state index in [1.54, 1.807) is 12.4 Å². The summed E-state index contributed by atoms with van der Waals surface area (Å²) in [6, 6.07) is 7.59. The molecule has 0 spiro atoms. The van der Waals surface area contributed by atoms with Gasteiger partial charge in [-0.05, 0) is 37.6 Å². The van der Waals surface area contributed by atoms with Crippen LogP contribution in [-0.4, -0.2) is 15.1 Å². The van der Waals surface area contributed by atoms with E-state index in [1.165, 1.54) is 0 Å². The van der Waals surface area contributed by atoms with Crippen LogP contribution in [0, 0.1) is 13.8 Å². The lowest BCUT2D eigenvalue weighted by Gasteiger charge is -2.01. The Morgan fingerprint density at radius 2 is 1.95 bits per heavy atom. The first-order valence-electron chi connectivity index (χ1n) is 6.26. The summed E-state index contributed by atoms with van der Waals surface area (Å²) in [5, 5.41) is 4.02. The van der Waals surface area contributed by atoms with Crippen LogP contribution in [0.1, 0.15) is 11.1 Å². The first kappa shape index (κ1) is 12.3. The molecule has 100 valence electrons. The highest BCUT2D eigenvalue weighted by Gasteiger charge is 2.14. The molecule has 0 bridgehead atoms. The van der Waals surface area contributed by atoms with Gasteiger partial charge >= 0.3 is 0 Å². The van der Waals surface area contributed by atoms with Crippen LogP contribution in [0.2, 0.25) is 0 Å². The van der Waals surface area contributed by atoms with E-state index in [0.717, 1.165) is 22.3 Å². The summed E-state index contributed by atoms with van der Waals surface area (Å²) in [5.74, 6) is 0.971. The molecule has 0 aliphatic rings. The molecule has 0 aliphatic carbocycles. The van der Waals surface area contributed by atoms with E-state index < -0.39 is 0 Å². The van der Waals surface area contributed by atoms with Crippen LogP contribution in [0.25, 0.3) is 22.8 Å². The SMILES string of the molecule is Cc1ccc(N)c(-c2nc(-c3ccncc3C)no2)c1. The number of benzene rings is 1. The van der Waals surface area contributed by atoms with Gasteiger partial charge in [-0.1, -0.05) is 16.8 Å². The maximum atomic E-state index is 5.96. The third-order valence-corrected chi connectivity index (χ3v) is 3.13. The van der Waals surface area contributed by atoms with E-state index in [4.69, 9.17) is 10.3 Å². The third-order valence-electron chi connectivity index (χ3n) is 3.13. The summed E-state index contributed by atoms with van der Waals surface area (Å²) in [6.45, 7) is 3.95. The maximum absolute atomic E-state index is 5.96. The topological polar surface area (TPSA) is 77.8 Å². The lowest BCUT2D eigenvalue weighted by atomic mass is 10.1. The Balaban J connectivity index is 2.07. The van der Waals surface area contributed by atoms with Gasteiger partial charge in [0.1, 0.15) is 0 Å². The number of nitrogen functional groups attached to an aromatic ring is 1. The number of rotatable bonds is 2. The molecule has 0 saturated carbocycles. The van der Waals surface area contributed by atoms with Gasteiger partial charge in [0, 0.05) is 23.6 Å². The molecule has 20 heavy (non-hydrogen) atoms. The van der Waals surface area contributed by atoms with Crippen LogP contribution in [-0.2, 0) is 0 Å². The van der Waals surface area contributed by atoms with Crippen molar-refractivity contribution in [2.45, 2.75) is 13.8 Å². The largest absolute Gasteiger partial charge is 0.398 e. The van der Waals surface area contributed by atoms with Crippen molar-refractivity contribution in [2.24, 2.45) is 0 Å². The smallest absolute Gasteiger partial charge is 0.260 e. The fourth-order valence-corrected chi connectivity index (χ4v) is 2.02. The van der Waals surface area contributed by atoms with Crippen LogP contribution in [0.4, 0.5) is 5.69 Å². The van der Waals surface area contributed by atoms with Crippen molar-refractivity contribution in [3.05, 3.63) is 47.8 Å². The normalized spacial score (nSPS) is 10.7. The van der Waals surface area contributed by atoms with E-state index >= 15 is 0 Å². The van der Waals surface area contributed by atoms with Gasteiger partial charge in [-0.15, -0.1) is 0 Å². The van der Waals surface area contributed by atoms with Crippen LogP contribution < -0.4 is 5.73 Å². The van der Waals surface area contributed by atoms with Gasteiger partial charge in [-0.3, -0.25) is 4.98 Å². The Labute approximate surface area is 116 Å². The first-order chi connectivity index (χ1) is 9.65. The number of hydrogen-bond acceptors (Lipinski definition) is 5. The summed E-state index contributed by atoms with van der Waals surface area (Å²) in [5.41, 5.74) is 10.3. The zero-order valence-corrected chi connectivity index (χ0v) is 11.3.